The summed E-state index contributed by atoms with van der Waals surface area (Å²) in [5.74, 6) is 0. The molecule has 0 spiro atoms. The Bertz CT molecular complexity index is 102. The van der Waals surface area contributed by atoms with Crippen LogP contribution >= 0.6 is 0 Å². The van der Waals surface area contributed by atoms with E-state index in [1.54, 1.807) is 0 Å². The van der Waals surface area contributed by atoms with Crippen molar-refractivity contribution < 1.29 is 0 Å². The molecular weight excluding hydrogens is 136 g/mol. The average molecular weight is 156 g/mol. The highest BCUT2D eigenvalue weighted by Crippen LogP contribution is 2.15. The van der Waals surface area contributed by atoms with Crippen molar-refractivity contribution in [3.8, 4) is 0 Å². The fraction of sp³-hybridized carbons (Fsp3) is 1.00. The van der Waals surface area contributed by atoms with Crippen LogP contribution in [-0.2, 0) is 0 Å². The van der Waals surface area contributed by atoms with Gasteiger partial charge in [0.25, 0.3) is 0 Å². The highest BCUT2D eigenvalue weighted by atomic mass is 15.0. The molecule has 0 aromatic carbocycles. The van der Waals surface area contributed by atoms with Gasteiger partial charge in [-0.05, 0) is 25.7 Å². The molecule has 1 rings (SSSR count). The summed E-state index contributed by atoms with van der Waals surface area (Å²) in [6.45, 7) is 4.45. The fourth-order valence-electron chi connectivity index (χ4n) is 1.87. The van der Waals surface area contributed by atoms with Crippen molar-refractivity contribution in [3.63, 3.8) is 0 Å². The first-order chi connectivity index (χ1) is 5.26. The van der Waals surface area contributed by atoms with E-state index in [2.05, 4.69) is 19.2 Å². The van der Waals surface area contributed by atoms with E-state index in [1.807, 2.05) is 0 Å². The lowest BCUT2D eigenvalue weighted by Gasteiger charge is -2.33. The lowest BCUT2D eigenvalue weighted by Crippen LogP contribution is -2.49. The number of piperidine rings is 1. The van der Waals surface area contributed by atoms with Crippen LogP contribution < -0.4 is 11.1 Å². The standard InChI is InChI=1S/C9H20N2/c1-3-8-5-7(10)6-9(4-2)11-8/h7-9,11H,3-6,10H2,1-2H3. The molecule has 2 atom stereocenters. The SMILES string of the molecule is CCC1CC(N)CC(CC)N1. The molecule has 0 aromatic rings. The molecule has 0 aliphatic carbocycles. The quantitative estimate of drug-likeness (QED) is 0.631. The monoisotopic (exact) mass is 156 g/mol. The molecule has 0 bridgehead atoms. The van der Waals surface area contributed by atoms with Crippen LogP contribution in [0.15, 0.2) is 0 Å². The van der Waals surface area contributed by atoms with Crippen LogP contribution in [0.5, 0.6) is 0 Å². The lowest BCUT2D eigenvalue weighted by atomic mass is 9.92. The van der Waals surface area contributed by atoms with Gasteiger partial charge >= 0.3 is 0 Å². The van der Waals surface area contributed by atoms with E-state index < -0.39 is 0 Å². The topological polar surface area (TPSA) is 38.0 Å². The Morgan fingerprint density at radius 1 is 1.18 bits per heavy atom. The van der Waals surface area contributed by atoms with Crippen molar-refractivity contribution >= 4 is 0 Å². The van der Waals surface area contributed by atoms with Gasteiger partial charge in [0.15, 0.2) is 0 Å². The molecule has 3 N–H and O–H groups in total. The molecule has 2 nitrogen and oxygen atoms in total. The third-order valence-electron chi connectivity index (χ3n) is 2.63. The predicted molar refractivity (Wildman–Crippen MR) is 48.5 cm³/mol. The first kappa shape index (κ1) is 9.01. The van der Waals surface area contributed by atoms with Gasteiger partial charge in [-0.1, -0.05) is 13.8 Å². The molecule has 2 heteroatoms. The molecule has 0 saturated carbocycles. The van der Waals surface area contributed by atoms with Gasteiger partial charge in [0, 0.05) is 18.1 Å². The van der Waals surface area contributed by atoms with Crippen LogP contribution in [0.1, 0.15) is 39.5 Å². The van der Waals surface area contributed by atoms with E-state index in [1.165, 1.54) is 12.8 Å². The average Bonchev–Trinajstić information content (AvgIpc) is 2.03. The molecule has 2 unspecified atom stereocenters. The van der Waals surface area contributed by atoms with Gasteiger partial charge in [-0.25, -0.2) is 0 Å². The molecule has 1 aliphatic rings. The molecule has 1 heterocycles. The van der Waals surface area contributed by atoms with Crippen molar-refractivity contribution in [2.24, 2.45) is 5.73 Å². The lowest BCUT2D eigenvalue weighted by molar-refractivity contribution is 0.279. The summed E-state index contributed by atoms with van der Waals surface area (Å²) in [5, 5.41) is 3.60. The Balaban J connectivity index is 2.37. The van der Waals surface area contributed by atoms with Crippen LogP contribution in [0.25, 0.3) is 0 Å². The van der Waals surface area contributed by atoms with Gasteiger partial charge in [0.1, 0.15) is 0 Å². The van der Waals surface area contributed by atoms with E-state index in [4.69, 9.17) is 5.73 Å². The van der Waals surface area contributed by atoms with Crippen LogP contribution in [0.3, 0.4) is 0 Å². The Labute approximate surface area is 69.5 Å². The van der Waals surface area contributed by atoms with Crippen LogP contribution in [0.4, 0.5) is 0 Å². The third kappa shape index (κ3) is 2.46. The highest BCUT2D eigenvalue weighted by molar-refractivity contribution is 4.85. The summed E-state index contributed by atoms with van der Waals surface area (Å²) >= 11 is 0. The second-order valence-corrected chi connectivity index (χ2v) is 3.61. The van der Waals surface area contributed by atoms with Gasteiger partial charge in [-0.15, -0.1) is 0 Å². The van der Waals surface area contributed by atoms with E-state index in [0.29, 0.717) is 18.1 Å². The van der Waals surface area contributed by atoms with Crippen molar-refractivity contribution in [1.82, 2.24) is 5.32 Å². The minimum atomic E-state index is 0.436. The summed E-state index contributed by atoms with van der Waals surface area (Å²) in [4.78, 5) is 0. The largest absolute Gasteiger partial charge is 0.328 e. The first-order valence-electron chi connectivity index (χ1n) is 4.77. The van der Waals surface area contributed by atoms with Crippen molar-refractivity contribution in [2.45, 2.75) is 57.7 Å². The van der Waals surface area contributed by atoms with Crippen molar-refractivity contribution in [1.29, 1.82) is 0 Å². The summed E-state index contributed by atoms with van der Waals surface area (Å²) < 4.78 is 0. The van der Waals surface area contributed by atoms with Crippen molar-refractivity contribution in [2.75, 3.05) is 0 Å². The molecule has 1 fully saturated rings. The van der Waals surface area contributed by atoms with E-state index in [-0.39, 0.29) is 0 Å². The van der Waals surface area contributed by atoms with Gasteiger partial charge in [-0.3, -0.25) is 0 Å². The zero-order valence-corrected chi connectivity index (χ0v) is 7.64. The van der Waals surface area contributed by atoms with E-state index >= 15 is 0 Å². The second kappa shape index (κ2) is 4.07. The predicted octanol–water partition coefficient (Wildman–Crippen LogP) is 1.25. The van der Waals surface area contributed by atoms with Crippen LogP contribution in [0, 0.1) is 0 Å². The Morgan fingerprint density at radius 2 is 1.64 bits per heavy atom. The summed E-state index contributed by atoms with van der Waals surface area (Å²) in [5.41, 5.74) is 5.93. The Morgan fingerprint density at radius 3 is 2.00 bits per heavy atom. The molecular formula is C9H20N2. The zero-order valence-electron chi connectivity index (χ0n) is 7.64. The number of rotatable bonds is 2. The number of nitrogens with two attached hydrogens (primary N) is 1. The molecule has 1 aliphatic heterocycles. The fourth-order valence-corrected chi connectivity index (χ4v) is 1.87. The molecule has 0 amide bonds. The smallest absolute Gasteiger partial charge is 0.00817 e. The Kier molecular flexibility index (Phi) is 3.34. The van der Waals surface area contributed by atoms with Gasteiger partial charge < -0.3 is 11.1 Å². The Hall–Kier alpha value is -0.0800. The highest BCUT2D eigenvalue weighted by Gasteiger charge is 2.23. The normalized spacial score (nSPS) is 39.0. The minimum absolute atomic E-state index is 0.436. The van der Waals surface area contributed by atoms with Crippen molar-refractivity contribution in [3.05, 3.63) is 0 Å². The molecule has 66 valence electrons. The number of nitrogens with one attached hydrogen (secondary N) is 1. The van der Waals surface area contributed by atoms with Gasteiger partial charge in [0.2, 0.25) is 0 Å². The second-order valence-electron chi connectivity index (χ2n) is 3.61. The third-order valence-corrected chi connectivity index (χ3v) is 2.63. The summed E-state index contributed by atoms with van der Waals surface area (Å²) in [6.07, 6.45) is 4.74. The zero-order chi connectivity index (χ0) is 8.27. The maximum absolute atomic E-state index is 5.93. The molecule has 0 radical (unpaired) electrons. The first-order valence-corrected chi connectivity index (χ1v) is 4.77. The summed E-state index contributed by atoms with van der Waals surface area (Å²) in [6, 6.07) is 1.78. The van der Waals surface area contributed by atoms with Crippen LogP contribution in [0.2, 0.25) is 0 Å². The maximum Gasteiger partial charge on any atom is 0.00817 e. The molecule has 0 aromatic heterocycles. The number of hydrogen-bond acceptors (Lipinski definition) is 2. The minimum Gasteiger partial charge on any atom is -0.328 e. The van der Waals surface area contributed by atoms with Crippen LogP contribution in [-0.4, -0.2) is 18.1 Å². The van der Waals surface area contributed by atoms with Gasteiger partial charge in [0.05, 0.1) is 0 Å². The molecule has 11 heavy (non-hydrogen) atoms. The van der Waals surface area contributed by atoms with E-state index in [9.17, 15) is 0 Å². The number of hydrogen-bond donors (Lipinski definition) is 2. The summed E-state index contributed by atoms with van der Waals surface area (Å²) in [7, 11) is 0. The van der Waals surface area contributed by atoms with Gasteiger partial charge in [-0.2, -0.15) is 0 Å². The van der Waals surface area contributed by atoms with E-state index in [0.717, 1.165) is 12.8 Å². The molecule has 1 saturated heterocycles. The maximum atomic E-state index is 5.93.